The first-order chi connectivity index (χ1) is 6.11. The quantitative estimate of drug-likeness (QED) is 0.676. The summed E-state index contributed by atoms with van der Waals surface area (Å²) in [6.07, 6.45) is 2.08. The van der Waals surface area contributed by atoms with Crippen molar-refractivity contribution in [2.75, 3.05) is 0 Å². The average Bonchev–Trinajstić information content (AvgIpc) is 2.15. The Morgan fingerprint density at radius 1 is 0.769 bits per heavy atom. The fraction of sp³-hybridized carbons (Fsp3) is 0.583. The van der Waals surface area contributed by atoms with Crippen LogP contribution < -0.4 is 0 Å². The molecule has 13 heavy (non-hydrogen) atoms. The lowest BCUT2D eigenvalue weighted by atomic mass is 9.99. The van der Waals surface area contributed by atoms with Gasteiger partial charge in [-0.25, -0.2) is 0 Å². The summed E-state index contributed by atoms with van der Waals surface area (Å²) in [5.41, 5.74) is 6.69. The van der Waals surface area contributed by atoms with Gasteiger partial charge in [0.1, 0.15) is 0 Å². The second-order valence-electron chi connectivity index (χ2n) is 3.59. The van der Waals surface area contributed by atoms with Gasteiger partial charge in [0.05, 0.1) is 0 Å². The zero-order valence-corrected chi connectivity index (χ0v) is 9.36. The Morgan fingerprint density at radius 2 is 1.15 bits per heavy atom. The molecule has 0 bridgehead atoms. The molecule has 0 aliphatic rings. The van der Waals surface area contributed by atoms with Gasteiger partial charge < -0.3 is 0 Å². The van der Waals surface area contributed by atoms with Crippen molar-refractivity contribution in [3.8, 4) is 0 Å². The van der Waals surface area contributed by atoms with Crippen molar-refractivity contribution in [1.82, 2.24) is 4.98 Å². The summed E-state index contributed by atoms with van der Waals surface area (Å²) in [5.74, 6) is 0. The molecule has 0 aliphatic carbocycles. The third-order valence-electron chi connectivity index (χ3n) is 2.93. The predicted octanol–water partition coefficient (Wildman–Crippen LogP) is 3.13. The molecule has 0 radical (unpaired) electrons. The van der Waals surface area contributed by atoms with E-state index in [4.69, 9.17) is 0 Å². The Labute approximate surface area is 81.2 Å². The molecule has 1 rings (SSSR count). The van der Waals surface area contributed by atoms with E-state index in [-0.39, 0.29) is 0 Å². The maximum atomic E-state index is 4.67. The molecule has 1 nitrogen and oxygen atoms in total. The van der Waals surface area contributed by atoms with Gasteiger partial charge >= 0.3 is 0 Å². The van der Waals surface area contributed by atoms with E-state index in [9.17, 15) is 0 Å². The Morgan fingerprint density at radius 3 is 1.46 bits per heavy atom. The van der Waals surface area contributed by atoms with Gasteiger partial charge in [-0.15, -0.1) is 0 Å². The van der Waals surface area contributed by atoms with E-state index in [0.717, 1.165) is 12.8 Å². The van der Waals surface area contributed by atoms with E-state index < -0.39 is 0 Å². The summed E-state index contributed by atoms with van der Waals surface area (Å²) in [7, 11) is 0. The normalized spacial score (nSPS) is 10.5. The minimum atomic E-state index is 1.04. The van der Waals surface area contributed by atoms with Crippen LogP contribution in [-0.4, -0.2) is 4.98 Å². The highest BCUT2D eigenvalue weighted by Gasteiger charge is 2.08. The van der Waals surface area contributed by atoms with Crippen LogP contribution in [0.15, 0.2) is 0 Å². The summed E-state index contributed by atoms with van der Waals surface area (Å²) < 4.78 is 0. The molecule has 1 heterocycles. The summed E-state index contributed by atoms with van der Waals surface area (Å²) in [6, 6.07) is 0. The number of aromatic nitrogens is 1. The van der Waals surface area contributed by atoms with Crippen molar-refractivity contribution >= 4 is 0 Å². The van der Waals surface area contributed by atoms with E-state index in [0.29, 0.717) is 0 Å². The van der Waals surface area contributed by atoms with Crippen LogP contribution >= 0.6 is 0 Å². The van der Waals surface area contributed by atoms with E-state index in [1.807, 2.05) is 0 Å². The highest BCUT2D eigenvalue weighted by atomic mass is 14.7. The van der Waals surface area contributed by atoms with Crippen molar-refractivity contribution < 1.29 is 0 Å². The molecule has 0 unspecified atom stereocenters. The Kier molecular flexibility index (Phi) is 3.07. The number of nitrogens with zero attached hydrogens (tertiary/aromatic N) is 1. The van der Waals surface area contributed by atoms with Crippen molar-refractivity contribution in [2.45, 2.75) is 47.5 Å². The first-order valence-electron chi connectivity index (χ1n) is 5.07. The van der Waals surface area contributed by atoms with Crippen LogP contribution in [0, 0.1) is 20.8 Å². The standard InChI is InChI=1S/C12H19N/c1-6-11-9(4)8(3)10(5)12(7-2)13-11/h6-7H2,1-5H3. The monoisotopic (exact) mass is 177 g/mol. The molecule has 0 saturated heterocycles. The van der Waals surface area contributed by atoms with Gasteiger partial charge in [-0.1, -0.05) is 13.8 Å². The van der Waals surface area contributed by atoms with Crippen LogP contribution in [-0.2, 0) is 12.8 Å². The molecule has 1 aromatic heterocycles. The maximum Gasteiger partial charge on any atom is 0.0436 e. The SMILES string of the molecule is CCc1nc(CC)c(C)c(C)c1C. The lowest BCUT2D eigenvalue weighted by molar-refractivity contribution is 0.909. The average molecular weight is 177 g/mol. The van der Waals surface area contributed by atoms with Crippen LogP contribution in [0.5, 0.6) is 0 Å². The van der Waals surface area contributed by atoms with E-state index in [2.05, 4.69) is 39.6 Å². The van der Waals surface area contributed by atoms with E-state index in [1.54, 1.807) is 0 Å². The lowest BCUT2D eigenvalue weighted by Gasteiger charge is -2.13. The lowest BCUT2D eigenvalue weighted by Crippen LogP contribution is -2.03. The van der Waals surface area contributed by atoms with E-state index >= 15 is 0 Å². The number of hydrogen-bond acceptors (Lipinski definition) is 1. The van der Waals surface area contributed by atoms with Crippen LogP contribution in [0.25, 0.3) is 0 Å². The molecule has 0 aromatic carbocycles. The number of rotatable bonds is 2. The maximum absolute atomic E-state index is 4.67. The molecule has 0 spiro atoms. The van der Waals surface area contributed by atoms with Crippen molar-refractivity contribution in [3.05, 3.63) is 28.1 Å². The van der Waals surface area contributed by atoms with Crippen molar-refractivity contribution in [3.63, 3.8) is 0 Å². The smallest absolute Gasteiger partial charge is 0.0436 e. The molecular weight excluding hydrogens is 158 g/mol. The molecule has 0 saturated carbocycles. The highest BCUT2D eigenvalue weighted by molar-refractivity contribution is 5.38. The van der Waals surface area contributed by atoms with Crippen LogP contribution in [0.3, 0.4) is 0 Å². The summed E-state index contributed by atoms with van der Waals surface area (Å²) in [5, 5.41) is 0. The van der Waals surface area contributed by atoms with Crippen LogP contribution in [0.4, 0.5) is 0 Å². The number of aryl methyl sites for hydroxylation is 2. The second kappa shape index (κ2) is 3.91. The largest absolute Gasteiger partial charge is 0.257 e. The molecular formula is C12H19N. The van der Waals surface area contributed by atoms with Gasteiger partial charge in [0.2, 0.25) is 0 Å². The number of hydrogen-bond donors (Lipinski definition) is 0. The summed E-state index contributed by atoms with van der Waals surface area (Å²) in [4.78, 5) is 4.67. The van der Waals surface area contributed by atoms with Gasteiger partial charge in [0, 0.05) is 11.4 Å². The fourth-order valence-corrected chi connectivity index (χ4v) is 1.73. The first kappa shape index (κ1) is 10.2. The molecule has 72 valence electrons. The van der Waals surface area contributed by atoms with Gasteiger partial charge in [-0.05, 0) is 50.3 Å². The Bertz CT molecular complexity index is 285. The molecule has 1 aromatic rings. The minimum absolute atomic E-state index is 1.04. The Hall–Kier alpha value is -0.850. The molecule has 0 aliphatic heterocycles. The van der Waals surface area contributed by atoms with Gasteiger partial charge in [-0.2, -0.15) is 0 Å². The molecule has 0 atom stereocenters. The predicted molar refractivity (Wildman–Crippen MR) is 57.2 cm³/mol. The van der Waals surface area contributed by atoms with Gasteiger partial charge in [0.25, 0.3) is 0 Å². The first-order valence-corrected chi connectivity index (χ1v) is 5.07. The van der Waals surface area contributed by atoms with Crippen LogP contribution in [0.1, 0.15) is 41.9 Å². The van der Waals surface area contributed by atoms with Gasteiger partial charge in [-0.3, -0.25) is 4.98 Å². The fourth-order valence-electron chi connectivity index (χ4n) is 1.73. The molecule has 0 N–H and O–H groups in total. The second-order valence-corrected chi connectivity index (χ2v) is 3.59. The summed E-state index contributed by atoms with van der Waals surface area (Å²) in [6.45, 7) is 10.9. The summed E-state index contributed by atoms with van der Waals surface area (Å²) >= 11 is 0. The third kappa shape index (κ3) is 1.74. The zero-order chi connectivity index (χ0) is 10.0. The number of pyridine rings is 1. The molecule has 0 fully saturated rings. The zero-order valence-electron chi connectivity index (χ0n) is 9.36. The molecule has 1 heteroatoms. The molecule has 0 amide bonds. The highest BCUT2D eigenvalue weighted by Crippen LogP contribution is 2.19. The Balaban J connectivity index is 3.36. The van der Waals surface area contributed by atoms with Gasteiger partial charge in [0.15, 0.2) is 0 Å². The van der Waals surface area contributed by atoms with Crippen LogP contribution in [0.2, 0.25) is 0 Å². The third-order valence-corrected chi connectivity index (χ3v) is 2.93. The van der Waals surface area contributed by atoms with Crippen molar-refractivity contribution in [2.24, 2.45) is 0 Å². The van der Waals surface area contributed by atoms with E-state index in [1.165, 1.54) is 28.1 Å². The minimum Gasteiger partial charge on any atom is -0.257 e. The van der Waals surface area contributed by atoms with Crippen molar-refractivity contribution in [1.29, 1.82) is 0 Å². The topological polar surface area (TPSA) is 12.9 Å².